The predicted octanol–water partition coefficient (Wildman–Crippen LogP) is 1.23. The molecule has 0 saturated heterocycles. The molecule has 2 N–H and O–H groups in total. The van der Waals surface area contributed by atoms with Crippen molar-refractivity contribution >= 4 is 12.0 Å². The van der Waals surface area contributed by atoms with Crippen LogP contribution in [0, 0.1) is 6.92 Å². The maximum absolute atomic E-state index is 12.4. The van der Waals surface area contributed by atoms with Crippen LogP contribution in [0.5, 0.6) is 0 Å². The molecule has 2 rings (SSSR count). The largest absolute Gasteiger partial charge is 0.444 e. The Hall–Kier alpha value is -2.97. The van der Waals surface area contributed by atoms with Crippen molar-refractivity contribution in [3.05, 3.63) is 35.7 Å². The highest BCUT2D eigenvalue weighted by Gasteiger charge is 2.16. The minimum atomic E-state index is -0.560. The van der Waals surface area contributed by atoms with Crippen molar-refractivity contribution in [1.29, 1.82) is 0 Å². The van der Waals surface area contributed by atoms with Crippen molar-refractivity contribution in [2.45, 2.75) is 33.3 Å². The van der Waals surface area contributed by atoms with Crippen molar-refractivity contribution < 1.29 is 14.3 Å². The van der Waals surface area contributed by atoms with Gasteiger partial charge >= 0.3 is 6.09 Å². The normalized spacial score (nSPS) is 11.0. The maximum Gasteiger partial charge on any atom is 0.407 e. The number of aromatic nitrogens is 4. The van der Waals surface area contributed by atoms with Crippen LogP contribution in [0.2, 0.25) is 0 Å². The molecular formula is C16H22N6O3. The molecule has 2 amide bonds. The molecule has 0 spiro atoms. The summed E-state index contributed by atoms with van der Waals surface area (Å²) < 4.78 is 6.62. The molecule has 0 fully saturated rings. The van der Waals surface area contributed by atoms with E-state index in [0.717, 1.165) is 0 Å². The topological polar surface area (TPSA) is 111 Å². The van der Waals surface area contributed by atoms with Gasteiger partial charge in [0.05, 0.1) is 11.3 Å². The van der Waals surface area contributed by atoms with Gasteiger partial charge in [-0.05, 0) is 50.3 Å². The summed E-state index contributed by atoms with van der Waals surface area (Å²) in [7, 11) is 0. The average molecular weight is 346 g/mol. The lowest BCUT2D eigenvalue weighted by Gasteiger charge is -2.19. The lowest BCUT2D eigenvalue weighted by molar-refractivity contribution is 0.0526. The van der Waals surface area contributed by atoms with Gasteiger partial charge in [-0.15, -0.1) is 5.10 Å². The number of tetrazole rings is 1. The van der Waals surface area contributed by atoms with E-state index < -0.39 is 11.7 Å². The highest BCUT2D eigenvalue weighted by molar-refractivity contribution is 5.97. The summed E-state index contributed by atoms with van der Waals surface area (Å²) in [5.74, 6) is 0.295. The first kappa shape index (κ1) is 18.4. The number of hydrogen-bond acceptors (Lipinski definition) is 6. The minimum absolute atomic E-state index is 0.257. The number of amides is 2. The number of rotatable bonds is 5. The Labute approximate surface area is 145 Å². The highest BCUT2D eigenvalue weighted by atomic mass is 16.6. The molecule has 1 aromatic carbocycles. The van der Waals surface area contributed by atoms with Crippen LogP contribution in [0.4, 0.5) is 4.79 Å². The predicted molar refractivity (Wildman–Crippen MR) is 90.5 cm³/mol. The molecule has 0 aliphatic heterocycles. The summed E-state index contributed by atoms with van der Waals surface area (Å²) >= 11 is 0. The van der Waals surface area contributed by atoms with Crippen molar-refractivity contribution in [3.63, 3.8) is 0 Å². The fraction of sp³-hybridized carbons (Fsp3) is 0.438. The molecule has 1 heterocycles. The van der Waals surface area contributed by atoms with Gasteiger partial charge in [-0.25, -0.2) is 4.79 Å². The lowest BCUT2D eigenvalue weighted by Crippen LogP contribution is -2.38. The maximum atomic E-state index is 12.4. The van der Waals surface area contributed by atoms with Crippen LogP contribution in [-0.4, -0.2) is 50.9 Å². The van der Waals surface area contributed by atoms with Gasteiger partial charge in [-0.3, -0.25) is 4.79 Å². The summed E-state index contributed by atoms with van der Waals surface area (Å²) in [6, 6.07) is 7.01. The number of nitrogens with one attached hydrogen (secondary N) is 2. The second kappa shape index (κ2) is 7.73. The van der Waals surface area contributed by atoms with Gasteiger partial charge < -0.3 is 15.4 Å². The molecule has 134 valence electrons. The van der Waals surface area contributed by atoms with Crippen LogP contribution in [0.25, 0.3) is 5.69 Å². The Kier molecular flexibility index (Phi) is 5.68. The Bertz CT molecular complexity index is 750. The van der Waals surface area contributed by atoms with Gasteiger partial charge in [0.15, 0.2) is 5.82 Å². The highest BCUT2D eigenvalue weighted by Crippen LogP contribution is 2.14. The average Bonchev–Trinajstić information content (AvgIpc) is 2.95. The third-order valence-electron chi connectivity index (χ3n) is 3.08. The minimum Gasteiger partial charge on any atom is -0.444 e. The lowest BCUT2D eigenvalue weighted by atomic mass is 10.1. The second-order valence-electron chi connectivity index (χ2n) is 6.34. The molecule has 0 unspecified atom stereocenters. The molecule has 0 aliphatic carbocycles. The van der Waals surface area contributed by atoms with E-state index in [2.05, 4.69) is 26.2 Å². The van der Waals surface area contributed by atoms with Crippen molar-refractivity contribution in [2.75, 3.05) is 13.1 Å². The van der Waals surface area contributed by atoms with E-state index in [4.69, 9.17) is 4.74 Å². The van der Waals surface area contributed by atoms with Crippen molar-refractivity contribution in [2.24, 2.45) is 0 Å². The van der Waals surface area contributed by atoms with Crippen LogP contribution in [-0.2, 0) is 4.74 Å². The molecule has 0 radical (unpaired) electrons. The standard InChI is InChI=1S/C16H22N6O3/c1-11-19-20-21-22(11)13-8-6-5-7-12(13)14(23)17-9-10-18-15(24)25-16(2,3)4/h5-8H,9-10H2,1-4H3,(H,17,23)(H,18,24). The number of ether oxygens (including phenoxy) is 1. The summed E-state index contributed by atoms with van der Waals surface area (Å²) in [6.07, 6.45) is -0.522. The zero-order chi connectivity index (χ0) is 18.4. The fourth-order valence-electron chi connectivity index (χ4n) is 2.05. The van der Waals surface area contributed by atoms with Gasteiger partial charge in [0.2, 0.25) is 0 Å². The molecule has 0 aliphatic rings. The fourth-order valence-corrected chi connectivity index (χ4v) is 2.05. The van der Waals surface area contributed by atoms with E-state index >= 15 is 0 Å². The van der Waals surface area contributed by atoms with Crippen molar-refractivity contribution in [3.8, 4) is 5.69 Å². The van der Waals surface area contributed by atoms with E-state index in [1.165, 1.54) is 4.68 Å². The van der Waals surface area contributed by atoms with Crippen LogP contribution >= 0.6 is 0 Å². The Balaban J connectivity index is 1.92. The van der Waals surface area contributed by atoms with Gasteiger partial charge in [0.1, 0.15) is 5.60 Å². The first-order chi connectivity index (χ1) is 11.8. The number of aryl methyl sites for hydroxylation is 1. The summed E-state index contributed by atoms with van der Waals surface area (Å²) in [4.78, 5) is 24.0. The number of nitrogens with zero attached hydrogens (tertiary/aromatic N) is 4. The monoisotopic (exact) mass is 346 g/mol. The van der Waals surface area contributed by atoms with Crippen LogP contribution in [0.15, 0.2) is 24.3 Å². The van der Waals surface area contributed by atoms with Crippen LogP contribution < -0.4 is 10.6 Å². The van der Waals surface area contributed by atoms with E-state index in [0.29, 0.717) is 17.1 Å². The molecular weight excluding hydrogens is 324 g/mol. The van der Waals surface area contributed by atoms with Crippen LogP contribution in [0.3, 0.4) is 0 Å². The van der Waals surface area contributed by atoms with Crippen LogP contribution in [0.1, 0.15) is 37.0 Å². The SMILES string of the molecule is Cc1nnnn1-c1ccccc1C(=O)NCCNC(=O)OC(C)(C)C. The smallest absolute Gasteiger partial charge is 0.407 e. The number of alkyl carbamates (subject to hydrolysis) is 1. The van der Waals surface area contributed by atoms with Gasteiger partial charge in [-0.2, -0.15) is 4.68 Å². The van der Waals surface area contributed by atoms with Crippen molar-refractivity contribution in [1.82, 2.24) is 30.8 Å². The Morgan fingerprint density at radius 2 is 1.84 bits per heavy atom. The third kappa shape index (κ3) is 5.27. The molecule has 0 atom stereocenters. The number of carbonyl (C=O) groups excluding carboxylic acids is 2. The summed E-state index contributed by atoms with van der Waals surface area (Å²) in [6.45, 7) is 7.62. The van der Waals surface area contributed by atoms with Gasteiger partial charge in [0.25, 0.3) is 5.91 Å². The van der Waals surface area contributed by atoms with E-state index in [-0.39, 0.29) is 19.0 Å². The number of para-hydroxylation sites is 1. The molecule has 9 nitrogen and oxygen atoms in total. The summed E-state index contributed by atoms with van der Waals surface area (Å²) in [5.41, 5.74) is 0.466. The molecule has 2 aromatic rings. The molecule has 1 aromatic heterocycles. The van der Waals surface area contributed by atoms with Gasteiger partial charge in [-0.1, -0.05) is 12.1 Å². The zero-order valence-corrected chi connectivity index (χ0v) is 14.7. The molecule has 0 saturated carbocycles. The zero-order valence-electron chi connectivity index (χ0n) is 14.7. The quantitative estimate of drug-likeness (QED) is 0.788. The number of hydrogen-bond donors (Lipinski definition) is 2. The Morgan fingerprint density at radius 1 is 1.16 bits per heavy atom. The first-order valence-electron chi connectivity index (χ1n) is 7.87. The van der Waals surface area contributed by atoms with E-state index in [1.807, 2.05) is 0 Å². The molecule has 25 heavy (non-hydrogen) atoms. The number of carbonyl (C=O) groups is 2. The number of benzene rings is 1. The summed E-state index contributed by atoms with van der Waals surface area (Å²) in [5, 5.41) is 16.6. The molecule has 9 heteroatoms. The second-order valence-corrected chi connectivity index (χ2v) is 6.34. The third-order valence-corrected chi connectivity index (χ3v) is 3.08. The van der Waals surface area contributed by atoms with Gasteiger partial charge in [0, 0.05) is 13.1 Å². The first-order valence-corrected chi connectivity index (χ1v) is 7.87. The van der Waals surface area contributed by atoms with E-state index in [9.17, 15) is 9.59 Å². The van der Waals surface area contributed by atoms with E-state index in [1.54, 1.807) is 52.0 Å². The molecule has 0 bridgehead atoms. The Morgan fingerprint density at radius 3 is 2.48 bits per heavy atom.